The molecule has 1 aromatic carbocycles. The van der Waals surface area contributed by atoms with Crippen molar-refractivity contribution in [1.82, 2.24) is 9.66 Å². The molecule has 2 aromatic rings. The van der Waals surface area contributed by atoms with E-state index in [4.69, 9.17) is 5.84 Å². The van der Waals surface area contributed by atoms with Crippen molar-refractivity contribution in [3.63, 3.8) is 0 Å². The molecular formula is C7H6N3. The molecular weight excluding hydrogens is 126 g/mol. The molecule has 0 aliphatic heterocycles. The second kappa shape index (κ2) is 1.73. The highest BCUT2D eigenvalue weighted by Crippen LogP contribution is 2.07. The largest absolute Gasteiger partial charge is 0.337 e. The number of rotatable bonds is 0. The Hall–Kier alpha value is -1.51. The second-order valence-electron chi connectivity index (χ2n) is 2.07. The average molecular weight is 132 g/mol. The van der Waals surface area contributed by atoms with Gasteiger partial charge < -0.3 is 5.84 Å². The number of hydrogen-bond donors (Lipinski definition) is 1. The zero-order chi connectivity index (χ0) is 6.97. The number of nitrogen functional groups attached to an aromatic ring is 1. The minimum Gasteiger partial charge on any atom is -0.337 e. The Morgan fingerprint density at radius 2 is 2.20 bits per heavy atom. The summed E-state index contributed by atoms with van der Waals surface area (Å²) in [4.78, 5) is 3.93. The molecule has 10 heavy (non-hydrogen) atoms. The molecule has 2 N–H and O–H groups in total. The smallest absolute Gasteiger partial charge is 0.197 e. The van der Waals surface area contributed by atoms with E-state index in [-0.39, 0.29) is 0 Å². The Kier molecular flexibility index (Phi) is 0.917. The lowest BCUT2D eigenvalue weighted by atomic mass is 10.3. The van der Waals surface area contributed by atoms with Crippen molar-refractivity contribution in [3.05, 3.63) is 30.6 Å². The standard InChI is InChI=1S/C7H6N3/c8-10-5-9-6-3-1-2-4-7(6)10/h1-4H,8H2. The Labute approximate surface area is 58.1 Å². The van der Waals surface area contributed by atoms with Crippen molar-refractivity contribution < 1.29 is 0 Å². The molecule has 0 bridgehead atoms. The van der Waals surface area contributed by atoms with Gasteiger partial charge in [-0.2, -0.15) is 0 Å². The Bertz CT molecular complexity index is 350. The van der Waals surface area contributed by atoms with E-state index in [2.05, 4.69) is 11.3 Å². The van der Waals surface area contributed by atoms with Gasteiger partial charge in [-0.25, -0.2) is 9.66 Å². The van der Waals surface area contributed by atoms with E-state index in [1.54, 1.807) is 0 Å². The summed E-state index contributed by atoms with van der Waals surface area (Å²) in [6.07, 6.45) is 2.62. The SMILES string of the molecule is Nn1[c]nc2ccccc21. The maximum atomic E-state index is 5.47. The van der Waals surface area contributed by atoms with Gasteiger partial charge in [-0.1, -0.05) is 12.1 Å². The van der Waals surface area contributed by atoms with Crippen molar-refractivity contribution in [3.8, 4) is 0 Å². The summed E-state index contributed by atoms with van der Waals surface area (Å²) >= 11 is 0. The third-order valence-electron chi connectivity index (χ3n) is 1.42. The zero-order valence-electron chi connectivity index (χ0n) is 5.28. The van der Waals surface area contributed by atoms with Gasteiger partial charge in [-0.3, -0.25) is 0 Å². The van der Waals surface area contributed by atoms with Gasteiger partial charge in [0.15, 0.2) is 6.33 Å². The molecule has 0 atom stereocenters. The molecule has 1 aromatic heterocycles. The maximum absolute atomic E-state index is 5.47. The monoisotopic (exact) mass is 132 g/mol. The van der Waals surface area contributed by atoms with Crippen molar-refractivity contribution >= 4 is 11.0 Å². The number of hydrogen-bond acceptors (Lipinski definition) is 2. The van der Waals surface area contributed by atoms with Gasteiger partial charge >= 0.3 is 0 Å². The van der Waals surface area contributed by atoms with Gasteiger partial charge in [0.2, 0.25) is 0 Å². The fourth-order valence-electron chi connectivity index (χ4n) is 0.924. The Balaban J connectivity index is 2.93. The van der Waals surface area contributed by atoms with E-state index in [1.165, 1.54) is 4.68 Å². The van der Waals surface area contributed by atoms with Gasteiger partial charge in [-0.15, -0.1) is 0 Å². The fourth-order valence-corrected chi connectivity index (χ4v) is 0.924. The first-order valence-corrected chi connectivity index (χ1v) is 2.98. The van der Waals surface area contributed by atoms with Gasteiger partial charge in [0.05, 0.1) is 11.0 Å². The summed E-state index contributed by atoms with van der Waals surface area (Å²) in [5.41, 5.74) is 1.78. The quantitative estimate of drug-likeness (QED) is 0.532. The molecule has 0 spiro atoms. The highest BCUT2D eigenvalue weighted by atomic mass is 15.3. The fraction of sp³-hybridized carbons (Fsp3) is 0. The van der Waals surface area contributed by atoms with Crippen LogP contribution in [0.4, 0.5) is 0 Å². The van der Waals surface area contributed by atoms with Gasteiger partial charge in [-0.05, 0) is 12.1 Å². The van der Waals surface area contributed by atoms with Crippen LogP contribution < -0.4 is 5.84 Å². The van der Waals surface area contributed by atoms with E-state index in [0.717, 1.165) is 11.0 Å². The first-order chi connectivity index (χ1) is 4.88. The van der Waals surface area contributed by atoms with Crippen LogP contribution in [-0.4, -0.2) is 9.66 Å². The normalized spacial score (nSPS) is 10.4. The number of nitrogens with two attached hydrogens (primary N) is 1. The Morgan fingerprint density at radius 1 is 1.40 bits per heavy atom. The first-order valence-electron chi connectivity index (χ1n) is 2.98. The van der Waals surface area contributed by atoms with E-state index >= 15 is 0 Å². The second-order valence-corrected chi connectivity index (χ2v) is 2.07. The molecule has 2 rings (SSSR count). The number of fused-ring (bicyclic) bond motifs is 1. The summed E-state index contributed by atoms with van der Waals surface area (Å²) < 4.78 is 1.38. The predicted molar refractivity (Wildman–Crippen MR) is 38.7 cm³/mol. The van der Waals surface area contributed by atoms with Crippen molar-refractivity contribution in [2.75, 3.05) is 5.84 Å². The number of imidazole rings is 1. The highest BCUT2D eigenvalue weighted by molar-refractivity contribution is 5.74. The van der Waals surface area contributed by atoms with Crippen LogP contribution >= 0.6 is 0 Å². The van der Waals surface area contributed by atoms with E-state index in [9.17, 15) is 0 Å². The van der Waals surface area contributed by atoms with Crippen LogP contribution in [0.1, 0.15) is 0 Å². The molecule has 1 heterocycles. The van der Waals surface area contributed by atoms with E-state index in [1.807, 2.05) is 24.3 Å². The lowest BCUT2D eigenvalue weighted by Gasteiger charge is -1.89. The third-order valence-corrected chi connectivity index (χ3v) is 1.42. The van der Waals surface area contributed by atoms with Crippen molar-refractivity contribution in [2.45, 2.75) is 0 Å². The third kappa shape index (κ3) is 0.572. The van der Waals surface area contributed by atoms with Crippen LogP contribution in [0, 0.1) is 6.33 Å². The molecule has 0 saturated carbocycles. The summed E-state index contributed by atoms with van der Waals surface area (Å²) in [5.74, 6) is 5.47. The number of aromatic nitrogens is 2. The minimum atomic E-state index is 0.880. The highest BCUT2D eigenvalue weighted by Gasteiger charge is 1.95. The van der Waals surface area contributed by atoms with Crippen LogP contribution in [0.15, 0.2) is 24.3 Å². The lowest BCUT2D eigenvalue weighted by molar-refractivity contribution is 1.02. The molecule has 3 nitrogen and oxygen atoms in total. The molecule has 0 fully saturated rings. The minimum absolute atomic E-state index is 0.880. The molecule has 0 aliphatic rings. The van der Waals surface area contributed by atoms with Crippen molar-refractivity contribution in [1.29, 1.82) is 0 Å². The van der Waals surface area contributed by atoms with E-state index < -0.39 is 0 Å². The Morgan fingerprint density at radius 3 is 3.00 bits per heavy atom. The maximum Gasteiger partial charge on any atom is 0.197 e. The summed E-state index contributed by atoms with van der Waals surface area (Å²) in [6.45, 7) is 0. The number of nitrogens with zero attached hydrogens (tertiary/aromatic N) is 2. The van der Waals surface area contributed by atoms with Crippen LogP contribution in [0.2, 0.25) is 0 Å². The zero-order valence-corrected chi connectivity index (χ0v) is 5.28. The van der Waals surface area contributed by atoms with Gasteiger partial charge in [0, 0.05) is 0 Å². The number of benzene rings is 1. The molecule has 1 radical (unpaired) electrons. The lowest BCUT2D eigenvalue weighted by Crippen LogP contribution is -2.05. The molecule has 0 unspecified atom stereocenters. The summed E-state index contributed by atoms with van der Waals surface area (Å²) in [6, 6.07) is 7.64. The predicted octanol–water partition coefficient (Wildman–Crippen LogP) is 0.550. The molecule has 3 heteroatoms. The molecule has 0 amide bonds. The number of para-hydroxylation sites is 2. The van der Waals surface area contributed by atoms with E-state index in [0.29, 0.717) is 0 Å². The van der Waals surface area contributed by atoms with Crippen LogP contribution in [0.5, 0.6) is 0 Å². The average Bonchev–Trinajstić information content (AvgIpc) is 2.34. The van der Waals surface area contributed by atoms with Crippen LogP contribution in [0.3, 0.4) is 0 Å². The van der Waals surface area contributed by atoms with Gasteiger partial charge in [0.25, 0.3) is 0 Å². The van der Waals surface area contributed by atoms with Crippen LogP contribution in [0.25, 0.3) is 11.0 Å². The van der Waals surface area contributed by atoms with Crippen LogP contribution in [-0.2, 0) is 0 Å². The first kappa shape index (κ1) is 5.29. The molecule has 0 saturated heterocycles. The summed E-state index contributed by atoms with van der Waals surface area (Å²) in [5, 5.41) is 0. The molecule has 49 valence electrons. The van der Waals surface area contributed by atoms with Crippen molar-refractivity contribution in [2.24, 2.45) is 0 Å². The van der Waals surface area contributed by atoms with Gasteiger partial charge in [0.1, 0.15) is 0 Å². The summed E-state index contributed by atoms with van der Waals surface area (Å²) in [7, 11) is 0. The molecule has 0 aliphatic carbocycles. The topological polar surface area (TPSA) is 43.8 Å².